The second-order valence-electron chi connectivity index (χ2n) is 6.87. The molecule has 0 aromatic carbocycles. The predicted molar refractivity (Wildman–Crippen MR) is 71.7 cm³/mol. The first-order valence-electron chi connectivity index (χ1n) is 6.66. The highest BCUT2D eigenvalue weighted by Crippen LogP contribution is 2.67. The quantitative estimate of drug-likeness (QED) is 0.727. The van der Waals surface area contributed by atoms with Gasteiger partial charge in [0.2, 0.25) is 0 Å². The van der Waals surface area contributed by atoms with Crippen LogP contribution in [0.4, 0.5) is 0 Å². The fourth-order valence-corrected chi connectivity index (χ4v) is 2.65. The molecule has 2 N–H and O–H groups in total. The van der Waals surface area contributed by atoms with E-state index in [2.05, 4.69) is 59.1 Å². The minimum atomic E-state index is 0.505. The summed E-state index contributed by atoms with van der Waals surface area (Å²) in [5.74, 6) is 0.821. The maximum Gasteiger partial charge on any atom is 0.0164 e. The third-order valence-corrected chi connectivity index (χ3v) is 4.82. The monoisotopic (exact) mass is 226 g/mol. The van der Waals surface area contributed by atoms with E-state index >= 15 is 0 Å². The standard InChI is InChI=1S/C14H30N2/c1-10(2)15-8-11(3)16-9-12-13(4,5)14(12,6)7/h10-12,15-16H,8-9H2,1-7H3. The van der Waals surface area contributed by atoms with Crippen LogP contribution in [-0.2, 0) is 0 Å². The summed E-state index contributed by atoms with van der Waals surface area (Å²) in [5.41, 5.74) is 1.01. The van der Waals surface area contributed by atoms with E-state index in [4.69, 9.17) is 0 Å². The third-order valence-electron chi connectivity index (χ3n) is 4.82. The molecule has 1 aliphatic carbocycles. The van der Waals surface area contributed by atoms with Gasteiger partial charge < -0.3 is 10.6 Å². The minimum Gasteiger partial charge on any atom is -0.313 e. The third kappa shape index (κ3) is 2.78. The molecule has 0 heterocycles. The van der Waals surface area contributed by atoms with Crippen LogP contribution in [0.2, 0.25) is 0 Å². The van der Waals surface area contributed by atoms with Gasteiger partial charge in [-0.2, -0.15) is 0 Å². The van der Waals surface area contributed by atoms with Crippen LogP contribution in [0.15, 0.2) is 0 Å². The van der Waals surface area contributed by atoms with E-state index in [1.165, 1.54) is 0 Å². The summed E-state index contributed by atoms with van der Waals surface area (Å²) in [4.78, 5) is 0. The number of rotatable bonds is 6. The molecule has 1 atom stereocenters. The van der Waals surface area contributed by atoms with Gasteiger partial charge in [0.25, 0.3) is 0 Å². The zero-order valence-corrected chi connectivity index (χ0v) is 12.1. The molecule has 0 saturated heterocycles. The molecular weight excluding hydrogens is 196 g/mol. The van der Waals surface area contributed by atoms with E-state index in [0.29, 0.717) is 22.9 Å². The molecule has 16 heavy (non-hydrogen) atoms. The molecule has 0 aromatic heterocycles. The Balaban J connectivity index is 2.22. The minimum absolute atomic E-state index is 0.505. The van der Waals surface area contributed by atoms with Gasteiger partial charge in [0, 0.05) is 18.6 Å². The van der Waals surface area contributed by atoms with Crippen LogP contribution >= 0.6 is 0 Å². The average molecular weight is 226 g/mol. The van der Waals surface area contributed by atoms with Gasteiger partial charge in [-0.05, 0) is 30.2 Å². The van der Waals surface area contributed by atoms with Crippen LogP contribution in [0.5, 0.6) is 0 Å². The average Bonchev–Trinajstić information content (AvgIpc) is 2.51. The van der Waals surface area contributed by atoms with Crippen LogP contribution in [0.1, 0.15) is 48.5 Å². The Bertz CT molecular complexity index is 217. The second-order valence-corrected chi connectivity index (χ2v) is 6.87. The molecular formula is C14H30N2. The van der Waals surface area contributed by atoms with Crippen LogP contribution in [0, 0.1) is 16.7 Å². The van der Waals surface area contributed by atoms with E-state index in [9.17, 15) is 0 Å². The van der Waals surface area contributed by atoms with Gasteiger partial charge in [-0.1, -0.05) is 41.5 Å². The SMILES string of the molecule is CC(C)NCC(C)NCC1C(C)(C)C1(C)C. The van der Waals surface area contributed by atoms with Crippen molar-refractivity contribution >= 4 is 0 Å². The van der Waals surface area contributed by atoms with E-state index in [0.717, 1.165) is 19.0 Å². The van der Waals surface area contributed by atoms with Crippen molar-refractivity contribution in [2.75, 3.05) is 13.1 Å². The molecule has 0 aromatic rings. The summed E-state index contributed by atoms with van der Waals surface area (Å²) in [7, 11) is 0. The van der Waals surface area contributed by atoms with Crippen molar-refractivity contribution < 1.29 is 0 Å². The maximum atomic E-state index is 3.65. The lowest BCUT2D eigenvalue weighted by molar-refractivity contribution is 0.442. The largest absolute Gasteiger partial charge is 0.313 e. The summed E-state index contributed by atoms with van der Waals surface area (Å²) >= 11 is 0. The zero-order chi connectivity index (χ0) is 12.6. The normalized spacial score (nSPS) is 24.8. The first-order chi connectivity index (χ1) is 7.19. The van der Waals surface area contributed by atoms with Crippen molar-refractivity contribution in [3.63, 3.8) is 0 Å². The van der Waals surface area contributed by atoms with E-state index < -0.39 is 0 Å². The molecule has 1 aliphatic rings. The van der Waals surface area contributed by atoms with Gasteiger partial charge >= 0.3 is 0 Å². The molecule has 2 nitrogen and oxygen atoms in total. The fraction of sp³-hybridized carbons (Fsp3) is 1.00. The van der Waals surface area contributed by atoms with Gasteiger partial charge in [-0.25, -0.2) is 0 Å². The summed E-state index contributed by atoms with van der Waals surface area (Å²) in [6.07, 6.45) is 0. The van der Waals surface area contributed by atoms with E-state index in [1.54, 1.807) is 0 Å². The van der Waals surface area contributed by atoms with Gasteiger partial charge in [0.1, 0.15) is 0 Å². The van der Waals surface area contributed by atoms with Crippen molar-refractivity contribution in [2.24, 2.45) is 16.7 Å². The van der Waals surface area contributed by atoms with Crippen LogP contribution < -0.4 is 10.6 Å². The highest BCUT2D eigenvalue weighted by Gasteiger charge is 2.63. The Kier molecular flexibility index (Phi) is 4.07. The molecule has 0 radical (unpaired) electrons. The Morgan fingerprint density at radius 2 is 1.44 bits per heavy atom. The molecule has 0 bridgehead atoms. The Morgan fingerprint density at radius 1 is 0.938 bits per heavy atom. The van der Waals surface area contributed by atoms with Crippen molar-refractivity contribution in [3.8, 4) is 0 Å². The Hall–Kier alpha value is -0.0800. The van der Waals surface area contributed by atoms with Crippen molar-refractivity contribution in [1.82, 2.24) is 10.6 Å². The van der Waals surface area contributed by atoms with Crippen molar-refractivity contribution in [1.29, 1.82) is 0 Å². The summed E-state index contributed by atoms with van der Waals surface area (Å²) in [6.45, 7) is 18.4. The van der Waals surface area contributed by atoms with Crippen molar-refractivity contribution in [2.45, 2.75) is 60.5 Å². The predicted octanol–water partition coefficient (Wildman–Crippen LogP) is 2.64. The summed E-state index contributed by atoms with van der Waals surface area (Å²) in [5, 5.41) is 7.12. The van der Waals surface area contributed by atoms with E-state index in [-0.39, 0.29) is 0 Å². The molecule has 96 valence electrons. The smallest absolute Gasteiger partial charge is 0.0164 e. The molecule has 1 unspecified atom stereocenters. The highest BCUT2D eigenvalue weighted by molar-refractivity contribution is 5.12. The van der Waals surface area contributed by atoms with Gasteiger partial charge in [-0.3, -0.25) is 0 Å². The lowest BCUT2D eigenvalue weighted by Gasteiger charge is -2.17. The summed E-state index contributed by atoms with van der Waals surface area (Å²) < 4.78 is 0. The van der Waals surface area contributed by atoms with Gasteiger partial charge in [-0.15, -0.1) is 0 Å². The zero-order valence-electron chi connectivity index (χ0n) is 12.1. The lowest BCUT2D eigenvalue weighted by Crippen LogP contribution is -2.40. The molecule has 0 amide bonds. The van der Waals surface area contributed by atoms with Gasteiger partial charge in [0.05, 0.1) is 0 Å². The van der Waals surface area contributed by atoms with Gasteiger partial charge in [0.15, 0.2) is 0 Å². The van der Waals surface area contributed by atoms with Crippen LogP contribution in [0.3, 0.4) is 0 Å². The first kappa shape index (κ1) is 14.0. The van der Waals surface area contributed by atoms with Crippen LogP contribution in [-0.4, -0.2) is 25.2 Å². The summed E-state index contributed by atoms with van der Waals surface area (Å²) in [6, 6.07) is 1.15. The maximum absolute atomic E-state index is 3.65. The second kappa shape index (κ2) is 4.66. The Labute approximate surface area is 102 Å². The molecule has 1 rings (SSSR count). The lowest BCUT2D eigenvalue weighted by atomic mass is 10.0. The highest BCUT2D eigenvalue weighted by atomic mass is 15.0. The van der Waals surface area contributed by atoms with Crippen LogP contribution in [0.25, 0.3) is 0 Å². The topological polar surface area (TPSA) is 24.1 Å². The molecule has 1 saturated carbocycles. The number of hydrogen-bond donors (Lipinski definition) is 2. The molecule has 1 fully saturated rings. The molecule has 2 heteroatoms. The molecule has 0 aliphatic heterocycles. The van der Waals surface area contributed by atoms with Crippen molar-refractivity contribution in [3.05, 3.63) is 0 Å². The number of hydrogen-bond acceptors (Lipinski definition) is 2. The first-order valence-corrected chi connectivity index (χ1v) is 6.66. The molecule has 0 spiro atoms. The fourth-order valence-electron chi connectivity index (χ4n) is 2.65. The Morgan fingerprint density at radius 3 is 1.81 bits per heavy atom. The number of nitrogens with one attached hydrogen (secondary N) is 2. The van der Waals surface area contributed by atoms with E-state index in [1.807, 2.05) is 0 Å².